The van der Waals surface area contributed by atoms with E-state index >= 15 is 0 Å². The Labute approximate surface area is 143 Å². The van der Waals surface area contributed by atoms with Gasteiger partial charge in [0.1, 0.15) is 0 Å². The molecule has 1 aromatic rings. The summed E-state index contributed by atoms with van der Waals surface area (Å²) in [7, 11) is 0. The number of ether oxygens (including phenoxy) is 1. The van der Waals surface area contributed by atoms with Crippen LogP contribution in [0.25, 0.3) is 0 Å². The lowest BCUT2D eigenvalue weighted by atomic mass is 9.94. The highest BCUT2D eigenvalue weighted by Crippen LogP contribution is 2.50. The van der Waals surface area contributed by atoms with Crippen molar-refractivity contribution in [3.63, 3.8) is 0 Å². The number of hydrogen-bond acceptors (Lipinski definition) is 7. The van der Waals surface area contributed by atoms with Gasteiger partial charge in [0.15, 0.2) is 4.34 Å². The van der Waals surface area contributed by atoms with Gasteiger partial charge in [-0.1, -0.05) is 23.1 Å². The quantitative estimate of drug-likeness (QED) is 0.417. The summed E-state index contributed by atoms with van der Waals surface area (Å²) in [6.45, 7) is 2.15. The van der Waals surface area contributed by atoms with Crippen molar-refractivity contribution in [1.29, 1.82) is 0 Å². The van der Waals surface area contributed by atoms with Crippen molar-refractivity contribution in [3.05, 3.63) is 0 Å². The number of carbonyl (C=O) groups excluding carboxylic acids is 2. The van der Waals surface area contributed by atoms with E-state index in [4.69, 9.17) is 4.74 Å². The molecular weight excluding hydrogens is 334 g/mol. The van der Waals surface area contributed by atoms with Gasteiger partial charge in [-0.05, 0) is 50.4 Å². The second-order valence-electron chi connectivity index (χ2n) is 6.06. The highest BCUT2D eigenvalue weighted by Gasteiger charge is 2.42. The Morgan fingerprint density at radius 2 is 2.00 bits per heavy atom. The molecule has 0 bridgehead atoms. The molecule has 0 aliphatic heterocycles. The first-order valence-corrected chi connectivity index (χ1v) is 9.87. The van der Waals surface area contributed by atoms with Gasteiger partial charge in [0.25, 0.3) is 0 Å². The van der Waals surface area contributed by atoms with E-state index in [1.165, 1.54) is 48.8 Å². The highest BCUT2D eigenvalue weighted by atomic mass is 32.2. The normalized spacial score (nSPS) is 17.3. The van der Waals surface area contributed by atoms with E-state index in [9.17, 15) is 9.59 Å². The van der Waals surface area contributed by atoms with Gasteiger partial charge in [-0.25, -0.2) is 0 Å². The van der Waals surface area contributed by atoms with Crippen LogP contribution in [0.2, 0.25) is 0 Å². The lowest BCUT2D eigenvalue weighted by Gasteiger charge is -2.13. The molecule has 1 heterocycles. The molecule has 1 aromatic heterocycles. The predicted octanol–water partition coefficient (Wildman–Crippen LogP) is 2.96. The highest BCUT2D eigenvalue weighted by molar-refractivity contribution is 8.01. The smallest absolute Gasteiger partial charge is 0.316 e. The van der Waals surface area contributed by atoms with Crippen LogP contribution in [0.15, 0.2) is 4.34 Å². The third-order valence-electron chi connectivity index (χ3n) is 4.15. The van der Waals surface area contributed by atoms with Crippen LogP contribution in [-0.4, -0.2) is 34.4 Å². The molecule has 0 atom stereocenters. The Kier molecular flexibility index (Phi) is 5.53. The van der Waals surface area contributed by atoms with E-state index in [1.807, 2.05) is 0 Å². The third-order valence-corrected chi connectivity index (χ3v) is 6.09. The second-order valence-corrected chi connectivity index (χ2v) is 8.26. The lowest BCUT2D eigenvalue weighted by molar-refractivity contribution is -0.139. The zero-order chi connectivity index (χ0) is 16.2. The predicted molar refractivity (Wildman–Crippen MR) is 89.5 cm³/mol. The monoisotopic (exact) mass is 355 g/mol. The topological polar surface area (TPSA) is 81.2 Å². The molecule has 8 heteroatoms. The Balaban J connectivity index is 1.44. The molecular formula is C15H21N3O3S2. The maximum Gasteiger partial charge on any atom is 0.316 e. The van der Waals surface area contributed by atoms with Crippen LogP contribution in [0, 0.1) is 17.8 Å². The summed E-state index contributed by atoms with van der Waals surface area (Å²) < 4.78 is 5.52. The summed E-state index contributed by atoms with van der Waals surface area (Å²) in [5.74, 6) is 2.06. The van der Waals surface area contributed by atoms with E-state index < -0.39 is 0 Å². The molecule has 2 aliphatic carbocycles. The Hall–Kier alpha value is -1.15. The number of carbonyl (C=O) groups is 2. The molecule has 2 aliphatic rings. The number of aromatic nitrogens is 2. The Morgan fingerprint density at radius 1 is 1.30 bits per heavy atom. The van der Waals surface area contributed by atoms with Crippen LogP contribution < -0.4 is 5.32 Å². The minimum atomic E-state index is -0.269. The van der Waals surface area contributed by atoms with Gasteiger partial charge in [0, 0.05) is 6.42 Å². The standard InChI is InChI=1S/C15H21N3O3S2/c1-2-21-13(20)8-22-15-18-17-14(23-15)16-12(19)7-11(9-3-4-9)10-5-6-10/h9-11H,2-8H2,1H3,(H,16,17,19). The lowest BCUT2D eigenvalue weighted by Crippen LogP contribution is -2.19. The molecule has 0 saturated heterocycles. The van der Waals surface area contributed by atoms with Crippen molar-refractivity contribution in [2.45, 2.75) is 43.4 Å². The van der Waals surface area contributed by atoms with Gasteiger partial charge in [-0.2, -0.15) is 0 Å². The van der Waals surface area contributed by atoms with Crippen LogP contribution >= 0.6 is 23.1 Å². The maximum atomic E-state index is 12.2. The average molecular weight is 355 g/mol. The van der Waals surface area contributed by atoms with Crippen molar-refractivity contribution in [2.75, 3.05) is 17.7 Å². The fourth-order valence-electron chi connectivity index (χ4n) is 2.79. The van der Waals surface area contributed by atoms with Gasteiger partial charge in [-0.15, -0.1) is 10.2 Å². The largest absolute Gasteiger partial charge is 0.465 e. The minimum absolute atomic E-state index is 0.0342. The zero-order valence-corrected chi connectivity index (χ0v) is 14.8. The van der Waals surface area contributed by atoms with Crippen molar-refractivity contribution < 1.29 is 14.3 Å². The number of anilines is 1. The van der Waals surface area contributed by atoms with Gasteiger partial charge >= 0.3 is 5.97 Å². The van der Waals surface area contributed by atoms with Crippen LogP contribution in [0.5, 0.6) is 0 Å². The molecule has 126 valence electrons. The molecule has 0 radical (unpaired) electrons. The number of thioether (sulfide) groups is 1. The molecule has 2 fully saturated rings. The Bertz CT molecular complexity index is 558. The van der Waals surface area contributed by atoms with Crippen LogP contribution in [0.4, 0.5) is 5.13 Å². The van der Waals surface area contributed by atoms with E-state index in [0.717, 1.165) is 11.8 Å². The molecule has 3 rings (SSSR count). The number of nitrogens with one attached hydrogen (secondary N) is 1. The van der Waals surface area contributed by atoms with Gasteiger partial charge in [0.05, 0.1) is 12.4 Å². The third kappa shape index (κ3) is 5.17. The molecule has 23 heavy (non-hydrogen) atoms. The number of amides is 1. The number of hydrogen-bond donors (Lipinski definition) is 1. The summed E-state index contributed by atoms with van der Waals surface area (Å²) in [5.41, 5.74) is 0. The summed E-state index contributed by atoms with van der Waals surface area (Å²) >= 11 is 2.58. The number of rotatable bonds is 9. The van der Waals surface area contributed by atoms with E-state index in [0.29, 0.717) is 28.4 Å². The second kappa shape index (κ2) is 7.61. The Morgan fingerprint density at radius 3 is 2.61 bits per heavy atom. The minimum Gasteiger partial charge on any atom is -0.465 e. The zero-order valence-electron chi connectivity index (χ0n) is 13.1. The van der Waals surface area contributed by atoms with Crippen molar-refractivity contribution in [3.8, 4) is 0 Å². The maximum absolute atomic E-state index is 12.2. The summed E-state index contributed by atoms with van der Waals surface area (Å²) in [4.78, 5) is 23.5. The van der Waals surface area contributed by atoms with E-state index in [-0.39, 0.29) is 17.6 Å². The van der Waals surface area contributed by atoms with E-state index in [1.54, 1.807) is 6.92 Å². The first kappa shape index (κ1) is 16.7. The van der Waals surface area contributed by atoms with Crippen molar-refractivity contribution in [2.24, 2.45) is 17.8 Å². The first-order chi connectivity index (χ1) is 11.2. The molecule has 2 saturated carbocycles. The van der Waals surface area contributed by atoms with Gasteiger partial charge in [-0.3, -0.25) is 9.59 Å². The number of nitrogens with zero attached hydrogens (tertiary/aromatic N) is 2. The summed E-state index contributed by atoms with van der Waals surface area (Å²) in [5, 5.41) is 11.3. The van der Waals surface area contributed by atoms with E-state index in [2.05, 4.69) is 15.5 Å². The van der Waals surface area contributed by atoms with Crippen LogP contribution in [-0.2, 0) is 14.3 Å². The van der Waals surface area contributed by atoms with Gasteiger partial charge in [0.2, 0.25) is 11.0 Å². The molecule has 6 nitrogen and oxygen atoms in total. The summed E-state index contributed by atoms with van der Waals surface area (Å²) in [6.07, 6.45) is 5.72. The fourth-order valence-corrected chi connectivity index (χ4v) is 4.36. The average Bonchev–Trinajstić information content (AvgIpc) is 3.42. The molecule has 1 N–H and O–H groups in total. The van der Waals surface area contributed by atoms with Crippen molar-refractivity contribution >= 4 is 40.1 Å². The summed E-state index contributed by atoms with van der Waals surface area (Å²) in [6, 6.07) is 0. The van der Waals surface area contributed by atoms with Gasteiger partial charge < -0.3 is 10.1 Å². The molecule has 0 unspecified atom stereocenters. The van der Waals surface area contributed by atoms with Crippen LogP contribution in [0.3, 0.4) is 0 Å². The number of esters is 1. The van der Waals surface area contributed by atoms with Crippen molar-refractivity contribution in [1.82, 2.24) is 10.2 Å². The molecule has 0 aromatic carbocycles. The molecule has 1 amide bonds. The first-order valence-electron chi connectivity index (χ1n) is 8.07. The van der Waals surface area contributed by atoms with Crippen LogP contribution in [0.1, 0.15) is 39.0 Å². The fraction of sp³-hybridized carbons (Fsp3) is 0.733. The SMILES string of the molecule is CCOC(=O)CSc1nnc(NC(=O)CC(C2CC2)C2CC2)s1. The molecule has 0 spiro atoms.